The van der Waals surface area contributed by atoms with E-state index >= 15 is 0 Å². The molecule has 0 aliphatic carbocycles. The fraction of sp³-hybridized carbons (Fsp3) is 0.222. The molecule has 3 amide bonds. The van der Waals surface area contributed by atoms with Gasteiger partial charge in [0.05, 0.1) is 20.3 Å². The van der Waals surface area contributed by atoms with Crippen molar-refractivity contribution in [2.75, 3.05) is 19.5 Å². The van der Waals surface area contributed by atoms with Gasteiger partial charge in [0.25, 0.3) is 5.91 Å². The van der Waals surface area contributed by atoms with E-state index in [1.165, 1.54) is 0 Å². The quantitative estimate of drug-likeness (QED) is 0.750. The molecule has 0 aliphatic heterocycles. The van der Waals surface area contributed by atoms with Crippen molar-refractivity contribution in [2.45, 2.75) is 13.0 Å². The number of carbonyl (C=O) groups is 2. The van der Waals surface area contributed by atoms with E-state index in [1.54, 1.807) is 50.6 Å². The molecule has 2 aromatic rings. The topological polar surface area (TPSA) is 103 Å². The number of carbonyl (C=O) groups excluding carboxylic acids is 2. The molecule has 0 saturated heterocycles. The maximum absolute atomic E-state index is 12.5. The Labute approximate surface area is 146 Å². The third kappa shape index (κ3) is 4.63. The lowest BCUT2D eigenvalue weighted by Crippen LogP contribution is -2.27. The number of hydrogen-bond donors (Lipinski definition) is 3. The molecule has 0 radical (unpaired) electrons. The van der Waals surface area contributed by atoms with Gasteiger partial charge in [0.2, 0.25) is 0 Å². The number of hydrogen-bond acceptors (Lipinski definition) is 4. The van der Waals surface area contributed by atoms with Gasteiger partial charge in [-0.1, -0.05) is 6.07 Å². The molecule has 1 atom stereocenters. The SMILES string of the molecule is COc1ccc(OC)c([C@@H](C)NC(=O)c2cccc(NC(N)=O)c2)c1. The standard InChI is InChI=1S/C18H21N3O4/c1-11(15-10-14(24-2)7-8-16(15)25-3)20-17(22)12-5-4-6-13(9-12)21-18(19)23/h4-11H,1-3H3,(H,20,22)(H3,19,21,23)/t11-/m1/s1. The van der Waals surface area contributed by atoms with Gasteiger partial charge in [-0.3, -0.25) is 4.79 Å². The van der Waals surface area contributed by atoms with Crippen molar-refractivity contribution in [3.05, 3.63) is 53.6 Å². The van der Waals surface area contributed by atoms with E-state index in [-0.39, 0.29) is 11.9 Å². The number of nitrogens with one attached hydrogen (secondary N) is 2. The van der Waals surface area contributed by atoms with Gasteiger partial charge < -0.3 is 25.8 Å². The minimum Gasteiger partial charge on any atom is -0.497 e. The lowest BCUT2D eigenvalue weighted by atomic mass is 10.1. The van der Waals surface area contributed by atoms with Crippen LogP contribution >= 0.6 is 0 Å². The van der Waals surface area contributed by atoms with Crippen LogP contribution in [0.5, 0.6) is 11.5 Å². The first-order valence-corrected chi connectivity index (χ1v) is 7.64. The lowest BCUT2D eigenvalue weighted by molar-refractivity contribution is 0.0939. The number of nitrogens with two attached hydrogens (primary N) is 1. The van der Waals surface area contributed by atoms with Crippen molar-refractivity contribution in [1.29, 1.82) is 0 Å². The summed E-state index contributed by atoms with van der Waals surface area (Å²) in [6, 6.07) is 10.9. The molecule has 25 heavy (non-hydrogen) atoms. The van der Waals surface area contributed by atoms with Crippen LogP contribution < -0.4 is 25.8 Å². The molecule has 0 aliphatic rings. The van der Waals surface area contributed by atoms with Crippen molar-refractivity contribution < 1.29 is 19.1 Å². The molecule has 0 spiro atoms. The molecule has 0 heterocycles. The molecule has 132 valence electrons. The molecule has 2 aromatic carbocycles. The van der Waals surface area contributed by atoms with Crippen molar-refractivity contribution in [1.82, 2.24) is 5.32 Å². The van der Waals surface area contributed by atoms with E-state index in [4.69, 9.17) is 15.2 Å². The molecule has 4 N–H and O–H groups in total. The summed E-state index contributed by atoms with van der Waals surface area (Å²) in [4.78, 5) is 23.4. The van der Waals surface area contributed by atoms with Crippen molar-refractivity contribution in [2.24, 2.45) is 5.73 Å². The van der Waals surface area contributed by atoms with Crippen LogP contribution in [-0.4, -0.2) is 26.2 Å². The first-order valence-electron chi connectivity index (χ1n) is 7.64. The molecule has 0 bridgehead atoms. The Morgan fingerprint density at radius 2 is 1.84 bits per heavy atom. The summed E-state index contributed by atoms with van der Waals surface area (Å²) in [6.07, 6.45) is 0. The minimum atomic E-state index is -0.688. The van der Waals surface area contributed by atoms with Gasteiger partial charge in [-0.25, -0.2) is 4.79 Å². The zero-order valence-corrected chi connectivity index (χ0v) is 14.3. The van der Waals surface area contributed by atoms with Gasteiger partial charge in [0.1, 0.15) is 11.5 Å². The zero-order valence-electron chi connectivity index (χ0n) is 14.3. The molecular weight excluding hydrogens is 322 g/mol. The summed E-state index contributed by atoms with van der Waals surface area (Å²) < 4.78 is 10.6. The molecule has 0 saturated carbocycles. The van der Waals surface area contributed by atoms with Crippen LogP contribution in [0, 0.1) is 0 Å². The van der Waals surface area contributed by atoms with E-state index in [9.17, 15) is 9.59 Å². The first-order chi connectivity index (χ1) is 11.9. The summed E-state index contributed by atoms with van der Waals surface area (Å²) in [5, 5.41) is 5.34. The van der Waals surface area contributed by atoms with Crippen LogP contribution in [0.2, 0.25) is 0 Å². The summed E-state index contributed by atoms with van der Waals surface area (Å²) in [5.74, 6) is 1.03. The van der Waals surface area contributed by atoms with Gasteiger partial charge in [-0.15, -0.1) is 0 Å². The van der Waals surface area contributed by atoms with E-state index < -0.39 is 6.03 Å². The molecule has 0 fully saturated rings. The second-order valence-electron chi connectivity index (χ2n) is 5.37. The van der Waals surface area contributed by atoms with Gasteiger partial charge in [-0.05, 0) is 43.3 Å². The third-order valence-corrected chi connectivity index (χ3v) is 3.64. The second kappa shape index (κ2) is 8.05. The van der Waals surface area contributed by atoms with Crippen LogP contribution in [0.4, 0.5) is 10.5 Å². The fourth-order valence-electron chi connectivity index (χ4n) is 2.42. The number of amides is 3. The predicted molar refractivity (Wildman–Crippen MR) is 95.1 cm³/mol. The number of urea groups is 1. The van der Waals surface area contributed by atoms with Crippen LogP contribution in [0.15, 0.2) is 42.5 Å². The number of methoxy groups -OCH3 is 2. The molecule has 0 unspecified atom stereocenters. The minimum absolute atomic E-state index is 0.287. The smallest absolute Gasteiger partial charge is 0.316 e. The molecule has 2 rings (SSSR count). The lowest BCUT2D eigenvalue weighted by Gasteiger charge is -2.18. The third-order valence-electron chi connectivity index (χ3n) is 3.64. The van der Waals surface area contributed by atoms with Crippen molar-refractivity contribution >= 4 is 17.6 Å². The Kier molecular flexibility index (Phi) is 5.84. The maximum atomic E-state index is 12.5. The van der Waals surface area contributed by atoms with Gasteiger partial charge in [0, 0.05) is 16.8 Å². The summed E-state index contributed by atoms with van der Waals surface area (Å²) >= 11 is 0. The van der Waals surface area contributed by atoms with Crippen molar-refractivity contribution in [3.63, 3.8) is 0 Å². The Morgan fingerprint density at radius 1 is 1.08 bits per heavy atom. The highest BCUT2D eigenvalue weighted by atomic mass is 16.5. The summed E-state index contributed by atoms with van der Waals surface area (Å²) in [6.45, 7) is 1.85. The number of benzene rings is 2. The first kappa shape index (κ1) is 18.1. The molecular formula is C18H21N3O4. The largest absolute Gasteiger partial charge is 0.497 e. The molecule has 7 nitrogen and oxygen atoms in total. The predicted octanol–water partition coefficient (Wildman–Crippen LogP) is 2.69. The van der Waals surface area contributed by atoms with Crippen LogP contribution in [-0.2, 0) is 0 Å². The highest BCUT2D eigenvalue weighted by Gasteiger charge is 2.16. The van der Waals surface area contributed by atoms with Gasteiger partial charge >= 0.3 is 6.03 Å². The van der Waals surface area contributed by atoms with E-state index in [0.29, 0.717) is 22.7 Å². The normalized spacial score (nSPS) is 11.3. The Balaban J connectivity index is 2.19. The van der Waals surface area contributed by atoms with Crippen LogP contribution in [0.1, 0.15) is 28.9 Å². The van der Waals surface area contributed by atoms with E-state index in [1.807, 2.05) is 13.0 Å². The Morgan fingerprint density at radius 3 is 2.48 bits per heavy atom. The highest BCUT2D eigenvalue weighted by molar-refractivity contribution is 5.96. The Bertz CT molecular complexity index is 777. The second-order valence-corrected chi connectivity index (χ2v) is 5.37. The molecule has 0 aromatic heterocycles. The number of primary amides is 1. The number of anilines is 1. The van der Waals surface area contributed by atoms with Crippen LogP contribution in [0.25, 0.3) is 0 Å². The average Bonchev–Trinajstić information content (AvgIpc) is 2.60. The monoisotopic (exact) mass is 343 g/mol. The number of ether oxygens (including phenoxy) is 2. The number of rotatable bonds is 6. The maximum Gasteiger partial charge on any atom is 0.316 e. The van der Waals surface area contributed by atoms with Crippen LogP contribution in [0.3, 0.4) is 0 Å². The summed E-state index contributed by atoms with van der Waals surface area (Å²) in [5.41, 5.74) is 6.74. The van der Waals surface area contributed by atoms with E-state index in [0.717, 1.165) is 5.56 Å². The van der Waals surface area contributed by atoms with Crippen molar-refractivity contribution in [3.8, 4) is 11.5 Å². The van der Waals surface area contributed by atoms with E-state index in [2.05, 4.69) is 10.6 Å². The highest BCUT2D eigenvalue weighted by Crippen LogP contribution is 2.29. The Hall–Kier alpha value is -3.22. The average molecular weight is 343 g/mol. The zero-order chi connectivity index (χ0) is 18.4. The fourth-order valence-corrected chi connectivity index (χ4v) is 2.42. The molecule has 7 heteroatoms. The van der Waals surface area contributed by atoms with Gasteiger partial charge in [-0.2, -0.15) is 0 Å². The summed E-state index contributed by atoms with van der Waals surface area (Å²) in [7, 11) is 3.14. The van der Waals surface area contributed by atoms with Gasteiger partial charge in [0.15, 0.2) is 0 Å².